The molecule has 2 rings (SSSR count). The number of aromatic nitrogens is 1. The van der Waals surface area contributed by atoms with E-state index in [2.05, 4.69) is 10.5 Å². The van der Waals surface area contributed by atoms with Gasteiger partial charge in [-0.15, -0.1) is 0 Å². The van der Waals surface area contributed by atoms with Gasteiger partial charge in [-0.05, 0) is 20.8 Å². The molecule has 2 aromatic rings. The van der Waals surface area contributed by atoms with Crippen LogP contribution in [-0.2, 0) is 11.2 Å². The molecule has 1 aromatic heterocycles. The van der Waals surface area contributed by atoms with Gasteiger partial charge >= 0.3 is 0 Å². The summed E-state index contributed by atoms with van der Waals surface area (Å²) in [5, 5.41) is 6.75. The molecular weight excluding hydrogens is 240 g/mol. The SMILES string of the molecule is Cc1ccc(-c2cc(CC(=O)NC(C)C)no2)cc1. The van der Waals surface area contributed by atoms with E-state index in [4.69, 9.17) is 4.52 Å². The number of carbonyl (C=O) groups excluding carboxylic acids is 1. The number of carbonyl (C=O) groups is 1. The maximum atomic E-state index is 11.6. The molecule has 0 aliphatic rings. The lowest BCUT2D eigenvalue weighted by Crippen LogP contribution is -2.31. The zero-order chi connectivity index (χ0) is 13.8. The average Bonchev–Trinajstić information content (AvgIpc) is 2.77. The highest BCUT2D eigenvalue weighted by Gasteiger charge is 2.11. The van der Waals surface area contributed by atoms with E-state index in [-0.39, 0.29) is 18.4 Å². The number of rotatable bonds is 4. The molecule has 1 heterocycles. The van der Waals surface area contributed by atoms with Crippen molar-refractivity contribution in [3.8, 4) is 11.3 Å². The monoisotopic (exact) mass is 258 g/mol. The second-order valence-electron chi connectivity index (χ2n) is 4.95. The van der Waals surface area contributed by atoms with Gasteiger partial charge in [-0.2, -0.15) is 0 Å². The van der Waals surface area contributed by atoms with Crippen molar-refractivity contribution in [2.45, 2.75) is 33.2 Å². The summed E-state index contributed by atoms with van der Waals surface area (Å²) in [5.74, 6) is 0.645. The third-order valence-electron chi connectivity index (χ3n) is 2.69. The second kappa shape index (κ2) is 5.69. The van der Waals surface area contributed by atoms with Crippen LogP contribution < -0.4 is 5.32 Å². The molecule has 0 aliphatic heterocycles. The normalized spacial score (nSPS) is 10.7. The molecule has 0 fully saturated rings. The number of aryl methyl sites for hydroxylation is 1. The van der Waals surface area contributed by atoms with Crippen molar-refractivity contribution in [1.82, 2.24) is 10.5 Å². The fraction of sp³-hybridized carbons (Fsp3) is 0.333. The Balaban J connectivity index is 2.07. The number of hydrogen-bond donors (Lipinski definition) is 1. The molecule has 100 valence electrons. The van der Waals surface area contributed by atoms with Crippen LogP contribution in [0, 0.1) is 6.92 Å². The summed E-state index contributed by atoms with van der Waals surface area (Å²) in [5.41, 5.74) is 2.81. The molecular formula is C15H18N2O2. The van der Waals surface area contributed by atoms with E-state index in [1.54, 1.807) is 0 Å². The van der Waals surface area contributed by atoms with Crippen LogP contribution in [0.5, 0.6) is 0 Å². The van der Waals surface area contributed by atoms with Crippen molar-refractivity contribution in [3.05, 3.63) is 41.6 Å². The maximum Gasteiger partial charge on any atom is 0.226 e. The minimum atomic E-state index is -0.0428. The average molecular weight is 258 g/mol. The first kappa shape index (κ1) is 13.3. The van der Waals surface area contributed by atoms with Gasteiger partial charge < -0.3 is 9.84 Å². The van der Waals surface area contributed by atoms with Crippen molar-refractivity contribution >= 4 is 5.91 Å². The molecule has 0 radical (unpaired) electrons. The van der Waals surface area contributed by atoms with E-state index in [0.29, 0.717) is 11.5 Å². The molecule has 19 heavy (non-hydrogen) atoms. The van der Waals surface area contributed by atoms with Crippen LogP contribution in [0.25, 0.3) is 11.3 Å². The lowest BCUT2D eigenvalue weighted by Gasteiger charge is -2.05. The van der Waals surface area contributed by atoms with Gasteiger partial charge in [-0.1, -0.05) is 35.0 Å². The molecule has 4 nitrogen and oxygen atoms in total. The summed E-state index contributed by atoms with van der Waals surface area (Å²) < 4.78 is 5.27. The predicted octanol–water partition coefficient (Wildman–Crippen LogP) is 2.72. The smallest absolute Gasteiger partial charge is 0.226 e. The largest absolute Gasteiger partial charge is 0.356 e. The van der Waals surface area contributed by atoms with Gasteiger partial charge in [-0.25, -0.2) is 0 Å². The Morgan fingerprint density at radius 3 is 2.63 bits per heavy atom. The quantitative estimate of drug-likeness (QED) is 0.917. The van der Waals surface area contributed by atoms with Gasteiger partial charge in [0.1, 0.15) is 0 Å². The number of benzene rings is 1. The van der Waals surface area contributed by atoms with Crippen molar-refractivity contribution in [2.24, 2.45) is 0 Å². The standard InChI is InChI=1S/C15H18N2O2/c1-10(2)16-15(18)9-13-8-14(19-17-13)12-6-4-11(3)5-7-12/h4-8,10H,9H2,1-3H3,(H,16,18). The lowest BCUT2D eigenvalue weighted by molar-refractivity contribution is -0.121. The Kier molecular flexibility index (Phi) is 4.00. The molecule has 0 spiro atoms. The van der Waals surface area contributed by atoms with E-state index >= 15 is 0 Å². The first-order chi connectivity index (χ1) is 9.04. The zero-order valence-electron chi connectivity index (χ0n) is 11.4. The van der Waals surface area contributed by atoms with Crippen molar-refractivity contribution in [3.63, 3.8) is 0 Å². The molecule has 0 saturated heterocycles. The number of nitrogens with zero attached hydrogens (tertiary/aromatic N) is 1. The first-order valence-corrected chi connectivity index (χ1v) is 6.36. The lowest BCUT2D eigenvalue weighted by atomic mass is 10.1. The van der Waals surface area contributed by atoms with Gasteiger partial charge in [0.2, 0.25) is 5.91 Å². The minimum absolute atomic E-state index is 0.0428. The summed E-state index contributed by atoms with van der Waals surface area (Å²) in [6, 6.07) is 9.94. The van der Waals surface area contributed by atoms with E-state index < -0.39 is 0 Å². The maximum absolute atomic E-state index is 11.6. The Morgan fingerprint density at radius 2 is 2.00 bits per heavy atom. The number of nitrogens with one attached hydrogen (secondary N) is 1. The highest BCUT2D eigenvalue weighted by atomic mass is 16.5. The van der Waals surface area contributed by atoms with Crippen LogP contribution in [0.2, 0.25) is 0 Å². The van der Waals surface area contributed by atoms with Crippen molar-refractivity contribution in [1.29, 1.82) is 0 Å². The molecule has 0 unspecified atom stereocenters. The number of amides is 1. The number of hydrogen-bond acceptors (Lipinski definition) is 3. The molecule has 0 atom stereocenters. The molecule has 0 aliphatic carbocycles. The van der Waals surface area contributed by atoms with E-state index in [9.17, 15) is 4.79 Å². The third-order valence-corrected chi connectivity index (χ3v) is 2.69. The van der Waals surface area contributed by atoms with Crippen molar-refractivity contribution in [2.75, 3.05) is 0 Å². The summed E-state index contributed by atoms with van der Waals surface area (Å²) in [7, 11) is 0. The van der Waals surface area contributed by atoms with Crippen LogP contribution in [0.4, 0.5) is 0 Å². The summed E-state index contributed by atoms with van der Waals surface area (Å²) in [4.78, 5) is 11.6. The topological polar surface area (TPSA) is 55.1 Å². The Hall–Kier alpha value is -2.10. The molecule has 0 saturated carbocycles. The fourth-order valence-electron chi connectivity index (χ4n) is 1.79. The summed E-state index contributed by atoms with van der Waals surface area (Å²) in [6.07, 6.45) is 0.244. The molecule has 1 aromatic carbocycles. The fourth-order valence-corrected chi connectivity index (χ4v) is 1.79. The highest BCUT2D eigenvalue weighted by Crippen LogP contribution is 2.20. The van der Waals surface area contributed by atoms with Gasteiger partial charge in [0.05, 0.1) is 12.1 Å². The molecule has 4 heteroatoms. The van der Waals surface area contributed by atoms with E-state index in [1.165, 1.54) is 5.56 Å². The molecule has 0 bridgehead atoms. The predicted molar refractivity (Wildman–Crippen MR) is 73.7 cm³/mol. The molecule has 1 amide bonds. The molecule has 1 N–H and O–H groups in total. The third kappa shape index (κ3) is 3.68. The van der Waals surface area contributed by atoms with Crippen LogP contribution in [0.1, 0.15) is 25.1 Å². The van der Waals surface area contributed by atoms with Gasteiger partial charge in [0.25, 0.3) is 0 Å². The Bertz CT molecular complexity index is 556. The van der Waals surface area contributed by atoms with Gasteiger partial charge in [-0.3, -0.25) is 4.79 Å². The van der Waals surface area contributed by atoms with Crippen LogP contribution in [0.15, 0.2) is 34.9 Å². The second-order valence-corrected chi connectivity index (χ2v) is 4.95. The highest BCUT2D eigenvalue weighted by molar-refractivity contribution is 5.78. The first-order valence-electron chi connectivity index (χ1n) is 6.36. The van der Waals surface area contributed by atoms with Gasteiger partial charge in [0, 0.05) is 17.7 Å². The summed E-state index contributed by atoms with van der Waals surface area (Å²) >= 11 is 0. The van der Waals surface area contributed by atoms with Crippen molar-refractivity contribution < 1.29 is 9.32 Å². The van der Waals surface area contributed by atoms with Crippen LogP contribution >= 0.6 is 0 Å². The van der Waals surface area contributed by atoms with Gasteiger partial charge in [0.15, 0.2) is 5.76 Å². The summed E-state index contributed by atoms with van der Waals surface area (Å²) in [6.45, 7) is 5.89. The minimum Gasteiger partial charge on any atom is -0.356 e. The van der Waals surface area contributed by atoms with E-state index in [0.717, 1.165) is 5.56 Å². The van der Waals surface area contributed by atoms with Crippen LogP contribution in [0.3, 0.4) is 0 Å². The Morgan fingerprint density at radius 1 is 1.32 bits per heavy atom. The van der Waals surface area contributed by atoms with Crippen LogP contribution in [-0.4, -0.2) is 17.1 Å². The zero-order valence-corrected chi connectivity index (χ0v) is 11.4. The van der Waals surface area contributed by atoms with E-state index in [1.807, 2.05) is 51.1 Å². The Labute approximate surface area is 112 Å².